The number of carbonyl (C=O) groups excluding carboxylic acids is 2. The number of fused-ring (bicyclic) bond motifs is 3. The SMILES string of the molecule is COc1c2c(c(OC)c3c1C(=O)c1ccccc1C3=O)N(S(=O)(=O)c1ccccc1)C(c1cc(C)ccc1C)C2. The number of benzene rings is 4. The van der Waals surface area contributed by atoms with E-state index in [0.717, 1.165) is 16.7 Å². The molecule has 1 atom stereocenters. The molecular formula is C32H27NO6S. The fraction of sp³-hybridized carbons (Fsp3) is 0.188. The Morgan fingerprint density at radius 3 is 1.95 bits per heavy atom. The first-order chi connectivity index (χ1) is 19.2. The molecule has 0 radical (unpaired) electrons. The highest BCUT2D eigenvalue weighted by Crippen LogP contribution is 2.56. The molecule has 1 heterocycles. The predicted octanol–water partition coefficient (Wildman–Crippen LogP) is 5.59. The van der Waals surface area contributed by atoms with E-state index in [0.29, 0.717) is 5.56 Å². The van der Waals surface area contributed by atoms with Gasteiger partial charge in [-0.25, -0.2) is 8.42 Å². The van der Waals surface area contributed by atoms with Crippen LogP contribution in [0, 0.1) is 13.8 Å². The van der Waals surface area contributed by atoms with Crippen molar-refractivity contribution in [1.82, 2.24) is 0 Å². The molecule has 1 unspecified atom stereocenters. The number of ketones is 2. The van der Waals surface area contributed by atoms with E-state index in [2.05, 4.69) is 0 Å². The van der Waals surface area contributed by atoms with E-state index < -0.39 is 21.8 Å². The summed E-state index contributed by atoms with van der Waals surface area (Å²) in [7, 11) is -1.33. The summed E-state index contributed by atoms with van der Waals surface area (Å²) < 4.78 is 41.9. The third-order valence-electron chi connectivity index (χ3n) is 7.75. The topological polar surface area (TPSA) is 90.0 Å². The van der Waals surface area contributed by atoms with Crippen LogP contribution in [0.1, 0.15) is 60.1 Å². The van der Waals surface area contributed by atoms with Crippen molar-refractivity contribution in [2.75, 3.05) is 18.5 Å². The third-order valence-corrected chi connectivity index (χ3v) is 9.58. The number of hydrogen-bond donors (Lipinski definition) is 0. The third kappa shape index (κ3) is 3.59. The Morgan fingerprint density at radius 1 is 0.775 bits per heavy atom. The van der Waals surface area contributed by atoms with Crippen LogP contribution in [0.25, 0.3) is 0 Å². The molecule has 0 fully saturated rings. The number of anilines is 1. The molecule has 0 saturated carbocycles. The highest BCUT2D eigenvalue weighted by molar-refractivity contribution is 7.92. The quantitative estimate of drug-likeness (QED) is 0.282. The van der Waals surface area contributed by atoms with E-state index in [1.54, 1.807) is 54.6 Å². The van der Waals surface area contributed by atoms with Gasteiger partial charge in [-0.1, -0.05) is 66.2 Å². The van der Waals surface area contributed by atoms with Gasteiger partial charge in [0.1, 0.15) is 11.4 Å². The first-order valence-corrected chi connectivity index (χ1v) is 14.3. The highest BCUT2D eigenvalue weighted by Gasteiger charge is 2.48. The van der Waals surface area contributed by atoms with Crippen LogP contribution >= 0.6 is 0 Å². The number of sulfonamides is 1. The predicted molar refractivity (Wildman–Crippen MR) is 151 cm³/mol. The number of carbonyl (C=O) groups is 2. The van der Waals surface area contributed by atoms with Gasteiger partial charge in [0.05, 0.1) is 36.3 Å². The lowest BCUT2D eigenvalue weighted by Gasteiger charge is -2.31. The van der Waals surface area contributed by atoms with Gasteiger partial charge in [-0.15, -0.1) is 0 Å². The molecular weight excluding hydrogens is 526 g/mol. The van der Waals surface area contributed by atoms with Gasteiger partial charge in [0, 0.05) is 23.1 Å². The molecule has 0 N–H and O–H groups in total. The zero-order valence-corrected chi connectivity index (χ0v) is 23.3. The Morgan fingerprint density at radius 2 is 1.35 bits per heavy atom. The van der Waals surface area contributed by atoms with Gasteiger partial charge in [0.2, 0.25) is 0 Å². The normalized spacial score (nSPS) is 15.9. The van der Waals surface area contributed by atoms with Crippen LogP contribution in [0.3, 0.4) is 0 Å². The van der Waals surface area contributed by atoms with Crippen molar-refractivity contribution >= 4 is 27.3 Å². The molecule has 1 aliphatic heterocycles. The van der Waals surface area contributed by atoms with Gasteiger partial charge >= 0.3 is 0 Å². The molecule has 4 aromatic rings. The smallest absolute Gasteiger partial charge is 0.265 e. The molecule has 8 heteroatoms. The van der Waals surface area contributed by atoms with E-state index in [9.17, 15) is 18.0 Å². The summed E-state index contributed by atoms with van der Waals surface area (Å²) in [6.45, 7) is 3.89. The standard InChI is InChI=1S/C32H27NO6S/c1-18-14-15-19(2)23(16-18)25-17-24-28(33(25)40(36,37)20-10-6-5-7-11-20)32(39-4)27-26(31(24)38-3)29(34)21-12-8-9-13-22(21)30(27)35/h5-16,25H,17H2,1-4H3. The lowest BCUT2D eigenvalue weighted by molar-refractivity contribution is 0.0974. The van der Waals surface area contributed by atoms with Crippen LogP contribution in [0.15, 0.2) is 77.7 Å². The van der Waals surface area contributed by atoms with Crippen LogP contribution in [0.2, 0.25) is 0 Å². The van der Waals surface area contributed by atoms with E-state index >= 15 is 0 Å². The number of rotatable bonds is 5. The summed E-state index contributed by atoms with van der Waals surface area (Å²) in [5.74, 6) is -0.545. The average Bonchev–Trinajstić information content (AvgIpc) is 3.37. The van der Waals surface area contributed by atoms with E-state index in [1.165, 1.54) is 18.5 Å². The van der Waals surface area contributed by atoms with E-state index in [1.807, 2.05) is 32.0 Å². The van der Waals surface area contributed by atoms with E-state index in [4.69, 9.17) is 9.47 Å². The Balaban J connectivity index is 1.72. The average molecular weight is 554 g/mol. The molecule has 0 spiro atoms. The molecule has 0 aromatic heterocycles. The van der Waals surface area contributed by atoms with Crippen molar-refractivity contribution in [3.63, 3.8) is 0 Å². The Hall–Kier alpha value is -4.43. The van der Waals surface area contributed by atoms with Gasteiger partial charge < -0.3 is 9.47 Å². The largest absolute Gasteiger partial charge is 0.496 e. The number of nitrogens with zero attached hydrogens (tertiary/aromatic N) is 1. The van der Waals surface area contributed by atoms with E-state index in [-0.39, 0.29) is 56.5 Å². The van der Waals surface area contributed by atoms with Crippen LogP contribution in [-0.2, 0) is 16.4 Å². The fourth-order valence-electron chi connectivity index (χ4n) is 5.95. The molecule has 202 valence electrons. The van der Waals surface area contributed by atoms with Gasteiger partial charge in [0.25, 0.3) is 10.0 Å². The minimum atomic E-state index is -4.15. The zero-order valence-electron chi connectivity index (χ0n) is 22.5. The van der Waals surface area contributed by atoms with Crippen molar-refractivity contribution < 1.29 is 27.5 Å². The maximum atomic E-state index is 14.4. The lowest BCUT2D eigenvalue weighted by Crippen LogP contribution is -2.33. The number of methoxy groups -OCH3 is 2. The number of ether oxygens (including phenoxy) is 2. The van der Waals surface area contributed by atoms with Crippen LogP contribution in [0.5, 0.6) is 11.5 Å². The Kier molecular flexibility index (Phi) is 6.03. The van der Waals surface area contributed by atoms with Crippen molar-refractivity contribution in [1.29, 1.82) is 0 Å². The molecule has 1 aliphatic carbocycles. The molecule has 0 saturated heterocycles. The molecule has 6 rings (SSSR count). The monoisotopic (exact) mass is 553 g/mol. The van der Waals surface area contributed by atoms with Crippen molar-refractivity contribution in [2.45, 2.75) is 31.2 Å². The summed E-state index contributed by atoms with van der Waals surface area (Å²) in [6.07, 6.45) is 0.224. The van der Waals surface area contributed by atoms with Crippen molar-refractivity contribution in [3.05, 3.63) is 117 Å². The molecule has 40 heavy (non-hydrogen) atoms. The molecule has 4 aromatic carbocycles. The summed E-state index contributed by atoms with van der Waals surface area (Å²) in [5, 5.41) is 0. The van der Waals surface area contributed by atoms with Crippen molar-refractivity contribution in [2.24, 2.45) is 0 Å². The Bertz CT molecular complexity index is 1830. The number of hydrogen-bond acceptors (Lipinski definition) is 6. The summed E-state index contributed by atoms with van der Waals surface area (Å²) >= 11 is 0. The minimum absolute atomic E-state index is 0.0108. The maximum absolute atomic E-state index is 14.4. The first-order valence-electron chi connectivity index (χ1n) is 12.9. The van der Waals surface area contributed by atoms with Crippen molar-refractivity contribution in [3.8, 4) is 11.5 Å². The maximum Gasteiger partial charge on any atom is 0.265 e. The molecule has 0 amide bonds. The van der Waals surface area contributed by atoms with Gasteiger partial charge in [-0.3, -0.25) is 13.9 Å². The molecule has 7 nitrogen and oxygen atoms in total. The minimum Gasteiger partial charge on any atom is -0.496 e. The second-order valence-corrected chi connectivity index (χ2v) is 11.9. The van der Waals surface area contributed by atoms with Crippen LogP contribution in [0.4, 0.5) is 5.69 Å². The molecule has 2 aliphatic rings. The zero-order chi connectivity index (χ0) is 28.3. The van der Waals surface area contributed by atoms with Crippen LogP contribution in [-0.4, -0.2) is 34.2 Å². The summed E-state index contributed by atoms with van der Waals surface area (Å²) in [5.41, 5.74) is 4.06. The number of aryl methyl sites for hydroxylation is 2. The Labute approximate surface area is 233 Å². The van der Waals surface area contributed by atoms with Crippen LogP contribution < -0.4 is 13.8 Å². The molecule has 0 bridgehead atoms. The lowest BCUT2D eigenvalue weighted by atomic mass is 9.81. The second-order valence-electron chi connectivity index (χ2n) is 10.0. The second kappa shape index (κ2) is 9.34. The fourth-order valence-corrected chi connectivity index (χ4v) is 7.63. The first kappa shape index (κ1) is 25.8. The highest BCUT2D eigenvalue weighted by atomic mass is 32.2. The van der Waals surface area contributed by atoms with Gasteiger partial charge in [0.15, 0.2) is 17.3 Å². The van der Waals surface area contributed by atoms with Gasteiger partial charge in [-0.05, 0) is 37.1 Å². The van der Waals surface area contributed by atoms with Gasteiger partial charge in [-0.2, -0.15) is 0 Å². The summed E-state index contributed by atoms with van der Waals surface area (Å²) in [4.78, 5) is 27.9. The summed E-state index contributed by atoms with van der Waals surface area (Å²) in [6, 6.07) is 20.0.